The number of nitrogens with one attached hydrogen (secondary N) is 1. The summed E-state index contributed by atoms with van der Waals surface area (Å²) < 4.78 is 12.9. The molecule has 124 valence electrons. The summed E-state index contributed by atoms with van der Waals surface area (Å²) in [4.78, 5) is 0. The van der Waals surface area contributed by atoms with Gasteiger partial charge < -0.3 is 14.8 Å². The van der Waals surface area contributed by atoms with Gasteiger partial charge in [-0.3, -0.25) is 4.68 Å². The van der Waals surface area contributed by atoms with Crippen LogP contribution in [0.5, 0.6) is 11.5 Å². The number of benzene rings is 2. The van der Waals surface area contributed by atoms with Gasteiger partial charge in [0, 0.05) is 18.0 Å². The van der Waals surface area contributed by atoms with Crippen LogP contribution in [0.1, 0.15) is 12.8 Å². The molecule has 5 heteroatoms. The lowest BCUT2D eigenvalue weighted by atomic mass is 10.2. The van der Waals surface area contributed by atoms with Crippen LogP contribution < -0.4 is 14.8 Å². The third-order valence-corrected chi connectivity index (χ3v) is 4.45. The van der Waals surface area contributed by atoms with Gasteiger partial charge in [-0.25, -0.2) is 0 Å². The van der Waals surface area contributed by atoms with Gasteiger partial charge in [0.05, 0.1) is 25.4 Å². The maximum atomic E-state index is 5.48. The SMILES string of the molecule is COc1ccc(Nc2nn(CC3CC3)c3ccccc23)c(OC)c1. The quantitative estimate of drug-likeness (QED) is 0.738. The first kappa shape index (κ1) is 14.9. The minimum Gasteiger partial charge on any atom is -0.497 e. The van der Waals surface area contributed by atoms with Crippen LogP contribution in [0.3, 0.4) is 0 Å². The molecule has 2 aromatic carbocycles. The third kappa shape index (κ3) is 2.77. The summed E-state index contributed by atoms with van der Waals surface area (Å²) in [5.74, 6) is 3.13. The number of para-hydroxylation sites is 1. The number of anilines is 2. The van der Waals surface area contributed by atoms with E-state index in [2.05, 4.69) is 28.2 Å². The standard InChI is InChI=1S/C19H21N3O2/c1-23-14-9-10-16(18(11-14)24-2)20-19-15-5-3-4-6-17(15)22(21-19)12-13-7-8-13/h3-6,9-11,13H,7-8,12H2,1-2H3,(H,20,21). The highest BCUT2D eigenvalue weighted by molar-refractivity contribution is 5.92. The number of methoxy groups -OCH3 is 2. The van der Waals surface area contributed by atoms with Crippen LogP contribution in [-0.4, -0.2) is 24.0 Å². The molecule has 0 aliphatic heterocycles. The molecule has 0 spiro atoms. The van der Waals surface area contributed by atoms with Crippen LogP contribution in [0.2, 0.25) is 0 Å². The number of rotatable bonds is 6. The monoisotopic (exact) mass is 323 g/mol. The largest absolute Gasteiger partial charge is 0.497 e. The molecule has 0 amide bonds. The Bertz CT molecular complexity index is 868. The summed E-state index contributed by atoms with van der Waals surface area (Å²) in [6, 6.07) is 14.1. The van der Waals surface area contributed by atoms with Crippen molar-refractivity contribution in [3.63, 3.8) is 0 Å². The van der Waals surface area contributed by atoms with Crippen molar-refractivity contribution in [1.29, 1.82) is 0 Å². The van der Waals surface area contributed by atoms with Crippen LogP contribution in [0.25, 0.3) is 10.9 Å². The van der Waals surface area contributed by atoms with Gasteiger partial charge in [0.1, 0.15) is 11.5 Å². The van der Waals surface area contributed by atoms with Gasteiger partial charge in [-0.05, 0) is 43.0 Å². The topological polar surface area (TPSA) is 48.3 Å². The summed E-state index contributed by atoms with van der Waals surface area (Å²) >= 11 is 0. The molecule has 0 unspecified atom stereocenters. The lowest BCUT2D eigenvalue weighted by Gasteiger charge is -2.11. The summed E-state index contributed by atoms with van der Waals surface area (Å²) in [6.07, 6.45) is 2.62. The first-order valence-electron chi connectivity index (χ1n) is 8.23. The van der Waals surface area contributed by atoms with E-state index in [0.29, 0.717) is 0 Å². The van der Waals surface area contributed by atoms with E-state index in [0.717, 1.165) is 40.9 Å². The Hall–Kier alpha value is -2.69. The lowest BCUT2D eigenvalue weighted by molar-refractivity contribution is 0.395. The second-order valence-electron chi connectivity index (χ2n) is 6.18. The normalized spacial score (nSPS) is 13.9. The molecular formula is C19H21N3O2. The van der Waals surface area contributed by atoms with Gasteiger partial charge in [-0.2, -0.15) is 5.10 Å². The van der Waals surface area contributed by atoms with Crippen molar-refractivity contribution in [3.05, 3.63) is 42.5 Å². The van der Waals surface area contributed by atoms with Crippen LogP contribution >= 0.6 is 0 Å². The van der Waals surface area contributed by atoms with Gasteiger partial charge in [0.15, 0.2) is 5.82 Å². The highest BCUT2D eigenvalue weighted by atomic mass is 16.5. The maximum Gasteiger partial charge on any atom is 0.160 e. The molecule has 1 aliphatic rings. The summed E-state index contributed by atoms with van der Waals surface area (Å²) in [5, 5.41) is 9.34. The smallest absolute Gasteiger partial charge is 0.160 e. The predicted octanol–water partition coefficient (Wildman–Crippen LogP) is 4.21. The van der Waals surface area contributed by atoms with Gasteiger partial charge in [-0.1, -0.05) is 12.1 Å². The van der Waals surface area contributed by atoms with E-state index < -0.39 is 0 Å². The predicted molar refractivity (Wildman–Crippen MR) is 95.3 cm³/mol. The Labute approximate surface area is 141 Å². The fourth-order valence-corrected chi connectivity index (χ4v) is 2.93. The molecular weight excluding hydrogens is 302 g/mol. The second kappa shape index (κ2) is 6.07. The van der Waals surface area contributed by atoms with Crippen LogP contribution in [-0.2, 0) is 6.54 Å². The Balaban J connectivity index is 1.71. The molecule has 1 aliphatic carbocycles. The molecule has 0 radical (unpaired) electrons. The first-order chi connectivity index (χ1) is 11.8. The highest BCUT2D eigenvalue weighted by Gasteiger charge is 2.23. The van der Waals surface area contributed by atoms with Crippen molar-refractivity contribution < 1.29 is 9.47 Å². The van der Waals surface area contributed by atoms with Gasteiger partial charge in [-0.15, -0.1) is 0 Å². The van der Waals surface area contributed by atoms with Crippen molar-refractivity contribution in [1.82, 2.24) is 9.78 Å². The third-order valence-electron chi connectivity index (χ3n) is 4.45. The Kier molecular flexibility index (Phi) is 3.76. The van der Waals surface area contributed by atoms with Crippen molar-refractivity contribution >= 4 is 22.4 Å². The van der Waals surface area contributed by atoms with Gasteiger partial charge in [0.2, 0.25) is 0 Å². The van der Waals surface area contributed by atoms with E-state index in [1.807, 2.05) is 24.3 Å². The average molecular weight is 323 g/mol. The number of ether oxygens (including phenoxy) is 2. The molecule has 1 heterocycles. The molecule has 1 fully saturated rings. The zero-order chi connectivity index (χ0) is 16.5. The van der Waals surface area contributed by atoms with E-state index in [-0.39, 0.29) is 0 Å². The van der Waals surface area contributed by atoms with Crippen LogP contribution in [0.4, 0.5) is 11.5 Å². The zero-order valence-electron chi connectivity index (χ0n) is 14.0. The minimum atomic E-state index is 0.732. The van der Waals surface area contributed by atoms with E-state index in [9.17, 15) is 0 Å². The van der Waals surface area contributed by atoms with Crippen molar-refractivity contribution in [2.24, 2.45) is 5.92 Å². The van der Waals surface area contributed by atoms with E-state index in [1.54, 1.807) is 14.2 Å². The molecule has 0 bridgehead atoms. The number of aromatic nitrogens is 2. The zero-order valence-corrected chi connectivity index (χ0v) is 14.0. The molecule has 1 saturated carbocycles. The lowest BCUT2D eigenvalue weighted by Crippen LogP contribution is -2.02. The van der Waals surface area contributed by atoms with Gasteiger partial charge >= 0.3 is 0 Å². The fraction of sp³-hybridized carbons (Fsp3) is 0.316. The van der Waals surface area contributed by atoms with Crippen molar-refractivity contribution in [3.8, 4) is 11.5 Å². The maximum absolute atomic E-state index is 5.48. The molecule has 0 saturated heterocycles. The molecule has 1 N–H and O–H groups in total. The second-order valence-corrected chi connectivity index (χ2v) is 6.18. The molecule has 3 aromatic rings. The average Bonchev–Trinajstić information content (AvgIpc) is 3.38. The molecule has 1 aromatic heterocycles. The summed E-state index contributed by atoms with van der Waals surface area (Å²) in [6.45, 7) is 0.988. The summed E-state index contributed by atoms with van der Waals surface area (Å²) in [5.41, 5.74) is 2.04. The van der Waals surface area contributed by atoms with Crippen LogP contribution in [0.15, 0.2) is 42.5 Å². The van der Waals surface area contributed by atoms with E-state index in [4.69, 9.17) is 14.6 Å². The van der Waals surface area contributed by atoms with E-state index in [1.165, 1.54) is 18.4 Å². The highest BCUT2D eigenvalue weighted by Crippen LogP contribution is 2.35. The fourth-order valence-electron chi connectivity index (χ4n) is 2.93. The molecule has 5 nitrogen and oxygen atoms in total. The Morgan fingerprint density at radius 2 is 1.96 bits per heavy atom. The molecule has 24 heavy (non-hydrogen) atoms. The molecule has 0 atom stereocenters. The summed E-state index contributed by atoms with van der Waals surface area (Å²) in [7, 11) is 3.30. The number of nitrogens with zero attached hydrogens (tertiary/aromatic N) is 2. The van der Waals surface area contributed by atoms with Gasteiger partial charge in [0.25, 0.3) is 0 Å². The Morgan fingerprint density at radius 3 is 2.71 bits per heavy atom. The number of hydrogen-bond acceptors (Lipinski definition) is 4. The van der Waals surface area contributed by atoms with E-state index >= 15 is 0 Å². The van der Waals surface area contributed by atoms with Crippen LogP contribution in [0, 0.1) is 5.92 Å². The first-order valence-corrected chi connectivity index (χ1v) is 8.23. The number of hydrogen-bond donors (Lipinski definition) is 1. The molecule has 4 rings (SSSR count). The number of fused-ring (bicyclic) bond motifs is 1. The van der Waals surface area contributed by atoms with Crippen molar-refractivity contribution in [2.75, 3.05) is 19.5 Å². The minimum absolute atomic E-state index is 0.732. The Morgan fingerprint density at radius 1 is 1.12 bits per heavy atom. The van der Waals surface area contributed by atoms with Crippen molar-refractivity contribution in [2.45, 2.75) is 19.4 Å².